The van der Waals surface area contributed by atoms with Gasteiger partial charge in [0, 0.05) is 11.0 Å². The van der Waals surface area contributed by atoms with Crippen LogP contribution in [0.5, 0.6) is 5.75 Å². The van der Waals surface area contributed by atoms with Gasteiger partial charge in [-0.15, -0.1) is 0 Å². The number of carbonyl (C=O) groups excluding carboxylic acids is 1. The highest BCUT2D eigenvalue weighted by Crippen LogP contribution is 2.77. The fraction of sp³-hybridized carbons (Fsp3) is 0.684. The fourth-order valence-corrected chi connectivity index (χ4v) is 12.5. The Morgan fingerprint density at radius 1 is 0.952 bits per heavy atom. The van der Waals surface area contributed by atoms with E-state index in [0.717, 1.165) is 74.7 Å². The molecule has 0 aliphatic heterocycles. The van der Waals surface area contributed by atoms with E-state index in [1.165, 1.54) is 5.57 Å². The normalized spacial score (nSPS) is 44.9. The quantitative estimate of drug-likeness (QED) is 0.289. The number of carbonyl (C=O) groups is 2. The van der Waals surface area contributed by atoms with Gasteiger partial charge < -0.3 is 9.84 Å². The van der Waals surface area contributed by atoms with Crippen molar-refractivity contribution in [2.75, 3.05) is 7.11 Å². The number of para-hydroxylation sites is 1. The average Bonchev–Trinajstić information content (AvgIpc) is 3.34. The Bertz CT molecular complexity index is 1350. The molecule has 1 aromatic carbocycles. The van der Waals surface area contributed by atoms with E-state index in [-0.39, 0.29) is 22.2 Å². The van der Waals surface area contributed by atoms with E-state index < -0.39 is 16.8 Å². The zero-order chi connectivity index (χ0) is 30.5. The highest BCUT2D eigenvalue weighted by molar-refractivity contribution is 6.04. The monoisotopic (exact) mass is 572 g/mol. The number of ether oxygens (including phenoxy) is 1. The lowest BCUT2D eigenvalue weighted by Gasteiger charge is -2.72. The summed E-state index contributed by atoms with van der Waals surface area (Å²) in [7, 11) is 1.69. The van der Waals surface area contributed by atoms with Crippen LogP contribution in [0.1, 0.15) is 105 Å². The summed E-state index contributed by atoms with van der Waals surface area (Å²) < 4.78 is 5.66. The lowest BCUT2D eigenvalue weighted by Crippen LogP contribution is -2.67. The highest BCUT2D eigenvalue weighted by Gasteiger charge is 2.72. The van der Waals surface area contributed by atoms with Gasteiger partial charge in [0.25, 0.3) is 0 Å². The molecule has 228 valence electrons. The molecule has 0 amide bonds. The smallest absolute Gasteiger partial charge is 0.309 e. The van der Waals surface area contributed by atoms with E-state index in [9.17, 15) is 14.7 Å². The standard InChI is InChI=1S/C38H52O4/c1-23(2)26-15-18-38(33(40)41)20-19-36(6)27(31(26)38)13-14-30-35(5)22-25(21-24-11-9-10-12-28(24)42-8)32(39)34(3,4)29(35)16-17-37(30,36)7/h9-12,21,26-27,29-31H,1,13-20,22H2,2-8H3,(H,40,41)/t26-,27+,29-,30+,31-,35+,36-,37-,38-/m1/s1. The van der Waals surface area contributed by atoms with E-state index >= 15 is 0 Å². The molecule has 5 saturated carbocycles. The Morgan fingerprint density at radius 3 is 2.33 bits per heavy atom. The summed E-state index contributed by atoms with van der Waals surface area (Å²) in [6, 6.07) is 8.01. The van der Waals surface area contributed by atoms with Crippen molar-refractivity contribution < 1.29 is 19.4 Å². The average molecular weight is 573 g/mol. The first-order valence-corrected chi connectivity index (χ1v) is 16.4. The molecule has 0 bridgehead atoms. The van der Waals surface area contributed by atoms with Crippen molar-refractivity contribution in [1.29, 1.82) is 0 Å². The number of fused-ring (bicyclic) bond motifs is 7. The number of ketones is 1. The van der Waals surface area contributed by atoms with Crippen molar-refractivity contribution in [2.24, 2.45) is 56.7 Å². The first-order chi connectivity index (χ1) is 19.7. The molecule has 42 heavy (non-hydrogen) atoms. The van der Waals surface area contributed by atoms with Crippen LogP contribution in [0, 0.1) is 56.7 Å². The molecule has 5 fully saturated rings. The second-order valence-electron chi connectivity index (χ2n) is 16.3. The number of rotatable bonds is 4. The van der Waals surface area contributed by atoms with Crippen molar-refractivity contribution in [3.8, 4) is 5.75 Å². The predicted octanol–water partition coefficient (Wildman–Crippen LogP) is 9.00. The van der Waals surface area contributed by atoms with E-state index in [4.69, 9.17) is 4.74 Å². The molecule has 0 unspecified atom stereocenters. The van der Waals surface area contributed by atoms with E-state index in [1.807, 2.05) is 24.3 Å². The summed E-state index contributed by atoms with van der Waals surface area (Å²) in [6.07, 6.45) is 10.8. The number of carboxylic acid groups (broad SMARTS) is 1. The topological polar surface area (TPSA) is 63.6 Å². The summed E-state index contributed by atoms with van der Waals surface area (Å²) in [4.78, 5) is 27.1. The third-order valence-electron chi connectivity index (χ3n) is 14.5. The number of hydrogen-bond acceptors (Lipinski definition) is 3. The van der Waals surface area contributed by atoms with E-state index in [0.29, 0.717) is 29.5 Å². The molecule has 0 aromatic heterocycles. The van der Waals surface area contributed by atoms with Crippen molar-refractivity contribution in [3.05, 3.63) is 47.6 Å². The van der Waals surface area contributed by atoms with Crippen LogP contribution in [-0.2, 0) is 9.59 Å². The van der Waals surface area contributed by atoms with Crippen LogP contribution in [0.2, 0.25) is 0 Å². The SMILES string of the molecule is C=C(C)[C@H]1CC[C@@]2(C(=O)O)CC[C@]3(C)[C@@H](CC[C@H]4[C@@]5(C)CC(=Cc6ccccc6OC)C(=O)C(C)(C)[C@H]5CC[C@]43C)[C@@H]12. The van der Waals surface area contributed by atoms with Gasteiger partial charge in [0.15, 0.2) is 5.78 Å². The van der Waals surface area contributed by atoms with Gasteiger partial charge in [0.2, 0.25) is 0 Å². The highest BCUT2D eigenvalue weighted by atomic mass is 16.5. The summed E-state index contributed by atoms with van der Waals surface area (Å²) in [5.74, 6) is 2.23. The molecule has 5 aliphatic carbocycles. The summed E-state index contributed by atoms with van der Waals surface area (Å²) in [5, 5.41) is 10.7. The van der Waals surface area contributed by atoms with Gasteiger partial charge in [0.1, 0.15) is 5.75 Å². The van der Waals surface area contributed by atoms with Crippen LogP contribution in [0.4, 0.5) is 0 Å². The van der Waals surface area contributed by atoms with Crippen LogP contribution in [-0.4, -0.2) is 24.0 Å². The minimum atomic E-state index is -0.595. The maximum absolute atomic E-state index is 14.1. The number of carboxylic acids is 1. The maximum atomic E-state index is 14.1. The third-order valence-corrected chi connectivity index (χ3v) is 14.5. The second kappa shape index (κ2) is 9.57. The minimum absolute atomic E-state index is 0.00297. The van der Waals surface area contributed by atoms with Gasteiger partial charge in [-0.25, -0.2) is 0 Å². The molecule has 9 atom stereocenters. The summed E-state index contributed by atoms with van der Waals surface area (Å²) in [5.41, 5.74) is 2.23. The largest absolute Gasteiger partial charge is 0.496 e. The number of Topliss-reactive ketones (excluding diaryl/α,β-unsaturated/α-hetero) is 1. The van der Waals surface area contributed by atoms with Crippen LogP contribution in [0.25, 0.3) is 6.08 Å². The lowest BCUT2D eigenvalue weighted by atomic mass is 9.32. The minimum Gasteiger partial charge on any atom is -0.496 e. The maximum Gasteiger partial charge on any atom is 0.309 e. The van der Waals surface area contributed by atoms with Gasteiger partial charge in [-0.05, 0) is 128 Å². The molecule has 6 rings (SSSR count). The van der Waals surface area contributed by atoms with Crippen LogP contribution < -0.4 is 4.74 Å². The van der Waals surface area contributed by atoms with Gasteiger partial charge >= 0.3 is 5.97 Å². The molecule has 5 aliphatic rings. The van der Waals surface area contributed by atoms with E-state index in [2.05, 4.69) is 54.2 Å². The predicted molar refractivity (Wildman–Crippen MR) is 168 cm³/mol. The van der Waals surface area contributed by atoms with Crippen LogP contribution in [0.3, 0.4) is 0 Å². The summed E-state index contributed by atoms with van der Waals surface area (Å²) >= 11 is 0. The first-order valence-electron chi connectivity index (χ1n) is 16.4. The number of methoxy groups -OCH3 is 1. The Kier molecular flexibility index (Phi) is 6.77. The lowest BCUT2D eigenvalue weighted by molar-refractivity contribution is -0.231. The molecule has 0 saturated heterocycles. The molecule has 0 spiro atoms. The molecule has 0 heterocycles. The van der Waals surface area contributed by atoms with Gasteiger partial charge in [0.05, 0.1) is 12.5 Å². The van der Waals surface area contributed by atoms with Gasteiger partial charge in [-0.2, -0.15) is 0 Å². The van der Waals surface area contributed by atoms with Crippen LogP contribution in [0.15, 0.2) is 42.0 Å². The molecular formula is C38H52O4. The number of aliphatic carboxylic acids is 1. The first kappa shape index (κ1) is 29.7. The Balaban J connectivity index is 1.42. The molecule has 1 aromatic rings. The molecule has 0 radical (unpaired) electrons. The molecule has 4 nitrogen and oxygen atoms in total. The van der Waals surface area contributed by atoms with E-state index in [1.54, 1.807) is 7.11 Å². The van der Waals surface area contributed by atoms with Gasteiger partial charge in [-0.3, -0.25) is 9.59 Å². The summed E-state index contributed by atoms with van der Waals surface area (Å²) in [6.45, 7) is 18.5. The number of hydrogen-bond donors (Lipinski definition) is 1. The number of benzene rings is 1. The molecular weight excluding hydrogens is 520 g/mol. The zero-order valence-corrected chi connectivity index (χ0v) is 27.0. The number of allylic oxidation sites excluding steroid dienone is 2. The Labute approximate surface area is 253 Å². The van der Waals surface area contributed by atoms with Crippen molar-refractivity contribution in [1.82, 2.24) is 0 Å². The van der Waals surface area contributed by atoms with Crippen molar-refractivity contribution >= 4 is 17.8 Å². The fourth-order valence-electron chi connectivity index (χ4n) is 12.5. The zero-order valence-electron chi connectivity index (χ0n) is 27.0. The Morgan fingerprint density at radius 2 is 1.67 bits per heavy atom. The van der Waals surface area contributed by atoms with Gasteiger partial charge in [-0.1, -0.05) is 65.0 Å². The van der Waals surface area contributed by atoms with Crippen LogP contribution >= 0.6 is 0 Å². The van der Waals surface area contributed by atoms with Crippen molar-refractivity contribution in [2.45, 2.75) is 99.3 Å². The van der Waals surface area contributed by atoms with Crippen molar-refractivity contribution in [3.63, 3.8) is 0 Å². The molecule has 1 N–H and O–H groups in total. The second-order valence-corrected chi connectivity index (χ2v) is 16.3. The third kappa shape index (κ3) is 3.71. The Hall–Kier alpha value is -2.36. The molecule has 4 heteroatoms.